The third-order valence-corrected chi connectivity index (χ3v) is 5.28. The summed E-state index contributed by atoms with van der Waals surface area (Å²) in [5, 5.41) is 13.5. The largest absolute Gasteiger partial charge is 0.394 e. The molecule has 2 N–H and O–H groups in total. The minimum absolute atomic E-state index is 0.139. The minimum atomic E-state index is -0.198. The summed E-state index contributed by atoms with van der Waals surface area (Å²) in [4.78, 5) is 1.07. The van der Waals surface area contributed by atoms with Gasteiger partial charge in [0.15, 0.2) is 0 Å². The van der Waals surface area contributed by atoms with Crippen molar-refractivity contribution in [3.05, 3.63) is 30.1 Å². The Bertz CT molecular complexity index is 430. The Hall–Kier alpha value is -0.580. The SMILES string of the molecule is OCC(CSc1ccc(F)cc1)(NC1CC1)C1CC1. The number of aliphatic hydroxyl groups is 1. The normalized spacial score (nSPS) is 22.2. The van der Waals surface area contributed by atoms with Gasteiger partial charge in [0, 0.05) is 16.7 Å². The van der Waals surface area contributed by atoms with Crippen molar-refractivity contribution >= 4 is 11.8 Å². The van der Waals surface area contributed by atoms with Crippen LogP contribution in [0.4, 0.5) is 4.39 Å². The molecule has 1 aromatic rings. The molecule has 2 saturated carbocycles. The van der Waals surface area contributed by atoms with Crippen LogP contribution in [0.5, 0.6) is 0 Å². The standard InChI is InChI=1S/C15H20FNOS/c16-12-3-7-14(8-4-12)19-10-15(9-18,11-1-2-11)17-13-5-6-13/h3-4,7-8,11,13,17-18H,1-2,5-6,9-10H2. The van der Waals surface area contributed by atoms with Gasteiger partial charge in [0.25, 0.3) is 0 Å². The number of halogens is 1. The van der Waals surface area contributed by atoms with E-state index in [0.717, 1.165) is 10.6 Å². The molecule has 0 aliphatic heterocycles. The first kappa shape index (κ1) is 13.4. The maximum Gasteiger partial charge on any atom is 0.123 e. The van der Waals surface area contributed by atoms with E-state index in [0.29, 0.717) is 12.0 Å². The van der Waals surface area contributed by atoms with Gasteiger partial charge in [0.05, 0.1) is 12.1 Å². The second-order valence-electron chi connectivity index (χ2n) is 5.75. The predicted octanol–water partition coefficient (Wildman–Crippen LogP) is 2.81. The lowest BCUT2D eigenvalue weighted by atomic mass is 9.96. The van der Waals surface area contributed by atoms with Crippen LogP contribution in [0.3, 0.4) is 0 Å². The van der Waals surface area contributed by atoms with Crippen LogP contribution in [-0.2, 0) is 0 Å². The van der Waals surface area contributed by atoms with E-state index in [1.54, 1.807) is 11.8 Å². The van der Waals surface area contributed by atoms with Crippen molar-refractivity contribution in [2.75, 3.05) is 12.4 Å². The quantitative estimate of drug-likeness (QED) is 0.754. The fraction of sp³-hybridized carbons (Fsp3) is 0.600. The highest BCUT2D eigenvalue weighted by Gasteiger charge is 2.47. The van der Waals surface area contributed by atoms with Gasteiger partial charge >= 0.3 is 0 Å². The van der Waals surface area contributed by atoms with Gasteiger partial charge in [-0.15, -0.1) is 11.8 Å². The van der Waals surface area contributed by atoms with E-state index in [1.807, 2.05) is 12.1 Å². The van der Waals surface area contributed by atoms with Crippen LogP contribution < -0.4 is 5.32 Å². The van der Waals surface area contributed by atoms with Gasteiger partial charge in [-0.05, 0) is 55.9 Å². The average Bonchev–Trinajstić information content (AvgIpc) is 3.28. The van der Waals surface area contributed by atoms with E-state index in [1.165, 1.54) is 37.8 Å². The van der Waals surface area contributed by atoms with Crippen LogP contribution in [0.2, 0.25) is 0 Å². The molecule has 3 rings (SSSR count). The smallest absolute Gasteiger partial charge is 0.123 e. The van der Waals surface area contributed by atoms with E-state index < -0.39 is 0 Å². The molecule has 0 saturated heterocycles. The molecule has 0 amide bonds. The molecule has 0 aromatic heterocycles. The molecular formula is C15H20FNOS. The topological polar surface area (TPSA) is 32.3 Å². The zero-order valence-corrected chi connectivity index (χ0v) is 11.8. The molecule has 0 bridgehead atoms. The molecule has 4 heteroatoms. The molecule has 0 spiro atoms. The van der Waals surface area contributed by atoms with Crippen molar-refractivity contribution in [2.24, 2.45) is 5.92 Å². The summed E-state index contributed by atoms with van der Waals surface area (Å²) < 4.78 is 12.9. The van der Waals surface area contributed by atoms with Crippen LogP contribution in [0.15, 0.2) is 29.2 Å². The Balaban J connectivity index is 1.64. The van der Waals surface area contributed by atoms with Crippen LogP contribution in [0, 0.1) is 11.7 Å². The highest BCUT2D eigenvalue weighted by Crippen LogP contribution is 2.43. The first-order chi connectivity index (χ1) is 9.22. The van der Waals surface area contributed by atoms with E-state index in [9.17, 15) is 9.50 Å². The minimum Gasteiger partial charge on any atom is -0.394 e. The maximum atomic E-state index is 12.9. The Morgan fingerprint density at radius 3 is 2.42 bits per heavy atom. The summed E-state index contributed by atoms with van der Waals surface area (Å²) in [5.74, 6) is 1.26. The number of hydrogen-bond donors (Lipinski definition) is 2. The van der Waals surface area contributed by atoms with Gasteiger partial charge in [-0.1, -0.05) is 0 Å². The Morgan fingerprint density at radius 2 is 1.89 bits per heavy atom. The molecule has 1 aromatic carbocycles. The lowest BCUT2D eigenvalue weighted by Crippen LogP contribution is -2.53. The van der Waals surface area contributed by atoms with Gasteiger partial charge < -0.3 is 10.4 Å². The molecule has 1 atom stereocenters. The number of benzene rings is 1. The van der Waals surface area contributed by atoms with Crippen molar-refractivity contribution in [3.63, 3.8) is 0 Å². The van der Waals surface area contributed by atoms with E-state index >= 15 is 0 Å². The van der Waals surface area contributed by atoms with Gasteiger partial charge in [-0.25, -0.2) is 4.39 Å². The third-order valence-electron chi connectivity index (χ3n) is 4.02. The monoisotopic (exact) mass is 281 g/mol. The lowest BCUT2D eigenvalue weighted by molar-refractivity contribution is 0.157. The van der Waals surface area contributed by atoms with Gasteiger partial charge in [0.1, 0.15) is 5.82 Å². The van der Waals surface area contributed by atoms with Crippen molar-refractivity contribution in [3.8, 4) is 0 Å². The summed E-state index contributed by atoms with van der Waals surface area (Å²) in [6.07, 6.45) is 4.89. The van der Waals surface area contributed by atoms with E-state index in [-0.39, 0.29) is 18.0 Å². The first-order valence-electron chi connectivity index (χ1n) is 6.99. The molecule has 0 radical (unpaired) electrons. The average molecular weight is 281 g/mol. The van der Waals surface area contributed by atoms with Gasteiger partial charge in [-0.2, -0.15) is 0 Å². The first-order valence-corrected chi connectivity index (χ1v) is 7.97. The zero-order chi connectivity index (χ0) is 13.3. The summed E-state index contributed by atoms with van der Waals surface area (Å²) >= 11 is 1.71. The maximum absolute atomic E-state index is 12.9. The van der Waals surface area contributed by atoms with Crippen molar-refractivity contribution < 1.29 is 9.50 Å². The van der Waals surface area contributed by atoms with Crippen molar-refractivity contribution in [1.82, 2.24) is 5.32 Å². The number of aliphatic hydroxyl groups excluding tert-OH is 1. The summed E-state index contributed by atoms with van der Waals surface area (Å²) in [6, 6.07) is 7.21. The van der Waals surface area contributed by atoms with Gasteiger partial charge in [0.2, 0.25) is 0 Å². The summed E-state index contributed by atoms with van der Waals surface area (Å²) in [5.41, 5.74) is -0.139. The van der Waals surface area contributed by atoms with E-state index in [2.05, 4.69) is 5.32 Å². The fourth-order valence-electron chi connectivity index (χ4n) is 2.51. The molecule has 0 heterocycles. The highest BCUT2D eigenvalue weighted by molar-refractivity contribution is 7.99. The fourth-order valence-corrected chi connectivity index (χ4v) is 3.67. The number of hydrogen-bond acceptors (Lipinski definition) is 3. The van der Waals surface area contributed by atoms with Crippen molar-refractivity contribution in [2.45, 2.75) is 42.2 Å². The molecule has 2 aliphatic carbocycles. The summed E-state index contributed by atoms with van der Waals surface area (Å²) in [6.45, 7) is 0.197. The predicted molar refractivity (Wildman–Crippen MR) is 75.8 cm³/mol. The molecule has 2 aliphatic rings. The molecule has 104 valence electrons. The van der Waals surface area contributed by atoms with Crippen LogP contribution in [-0.4, -0.2) is 29.0 Å². The van der Waals surface area contributed by atoms with Gasteiger partial charge in [-0.3, -0.25) is 0 Å². The van der Waals surface area contributed by atoms with Crippen LogP contribution in [0.25, 0.3) is 0 Å². The molecular weight excluding hydrogens is 261 g/mol. The number of thioether (sulfide) groups is 1. The van der Waals surface area contributed by atoms with Crippen LogP contribution in [0.1, 0.15) is 25.7 Å². The van der Waals surface area contributed by atoms with Crippen molar-refractivity contribution in [1.29, 1.82) is 0 Å². The molecule has 2 fully saturated rings. The lowest BCUT2D eigenvalue weighted by Gasteiger charge is -2.33. The molecule has 2 nitrogen and oxygen atoms in total. The second kappa shape index (κ2) is 5.43. The summed E-state index contributed by atoms with van der Waals surface area (Å²) in [7, 11) is 0. The molecule has 19 heavy (non-hydrogen) atoms. The number of nitrogens with one attached hydrogen (secondary N) is 1. The number of rotatable bonds is 7. The molecule has 1 unspecified atom stereocenters. The zero-order valence-electron chi connectivity index (χ0n) is 10.9. The van der Waals surface area contributed by atoms with Crippen LogP contribution >= 0.6 is 11.8 Å². The Morgan fingerprint density at radius 1 is 1.21 bits per heavy atom. The Labute approximate surface area is 117 Å². The Kier molecular flexibility index (Phi) is 3.83. The second-order valence-corrected chi connectivity index (χ2v) is 6.80. The highest BCUT2D eigenvalue weighted by atomic mass is 32.2. The van der Waals surface area contributed by atoms with E-state index in [4.69, 9.17) is 0 Å². The third kappa shape index (κ3) is 3.30.